The summed E-state index contributed by atoms with van der Waals surface area (Å²) in [7, 11) is 0. The highest BCUT2D eigenvalue weighted by atomic mass is 79.9. The Hall–Kier alpha value is -0.690. The molecule has 0 amide bonds. The summed E-state index contributed by atoms with van der Waals surface area (Å²) in [6.45, 7) is -0.0346. The van der Waals surface area contributed by atoms with Gasteiger partial charge in [-0.05, 0) is 22.0 Å². The molecule has 0 saturated carbocycles. The van der Waals surface area contributed by atoms with Gasteiger partial charge in [0, 0.05) is 22.8 Å². The number of halogens is 1. The highest BCUT2D eigenvalue weighted by Gasteiger charge is 2.19. The van der Waals surface area contributed by atoms with Crippen molar-refractivity contribution in [2.45, 2.75) is 12.2 Å². The van der Waals surface area contributed by atoms with Crippen LogP contribution >= 0.6 is 15.9 Å². The Balaban J connectivity index is 2.99. The number of nitrogens with zero attached hydrogens (tertiary/aromatic N) is 1. The van der Waals surface area contributed by atoms with Gasteiger partial charge in [-0.15, -0.1) is 0 Å². The number of pyridine rings is 1. The molecule has 0 saturated heterocycles. The number of aliphatic hydroxyl groups excluding tert-OH is 2. The van der Waals surface area contributed by atoms with Crippen LogP contribution in [0.25, 0.3) is 0 Å². The fourth-order valence-corrected chi connectivity index (χ4v) is 1.39. The first-order valence-electron chi connectivity index (χ1n) is 4.03. The van der Waals surface area contributed by atoms with E-state index in [1.165, 1.54) is 6.20 Å². The van der Waals surface area contributed by atoms with Crippen LogP contribution < -0.4 is 11.5 Å². The molecule has 78 valence electrons. The van der Waals surface area contributed by atoms with Crippen molar-refractivity contribution in [1.82, 2.24) is 4.98 Å². The van der Waals surface area contributed by atoms with E-state index in [9.17, 15) is 10.2 Å². The number of hydrogen-bond donors (Lipinski definition) is 4. The number of aromatic nitrogens is 1. The van der Waals surface area contributed by atoms with Crippen LogP contribution in [0.3, 0.4) is 0 Å². The lowest BCUT2D eigenvalue weighted by Crippen LogP contribution is -2.27. The van der Waals surface area contributed by atoms with Crippen LogP contribution in [0.2, 0.25) is 0 Å². The van der Waals surface area contributed by atoms with Crippen molar-refractivity contribution in [3.8, 4) is 0 Å². The molecule has 0 spiro atoms. The lowest BCUT2D eigenvalue weighted by atomic mass is 10.1. The third-order valence-electron chi connectivity index (χ3n) is 1.84. The standard InChI is InChI=1S/C8H12BrN3O2/c9-4-1-5(8(11)12-3-4)7(14)6(13)2-10/h1,3,6-7,13-14H,2,10H2,(H2,11,12). The molecule has 0 aromatic carbocycles. The Morgan fingerprint density at radius 2 is 2.14 bits per heavy atom. The van der Waals surface area contributed by atoms with E-state index in [-0.39, 0.29) is 12.4 Å². The topological polar surface area (TPSA) is 105 Å². The predicted molar refractivity (Wildman–Crippen MR) is 56.4 cm³/mol. The van der Waals surface area contributed by atoms with Gasteiger partial charge in [0.2, 0.25) is 0 Å². The molecule has 1 aromatic rings. The number of nitrogens with two attached hydrogens (primary N) is 2. The molecule has 1 aromatic heterocycles. The van der Waals surface area contributed by atoms with E-state index in [1.54, 1.807) is 6.07 Å². The van der Waals surface area contributed by atoms with Crippen LogP contribution in [0.1, 0.15) is 11.7 Å². The first-order chi connectivity index (χ1) is 6.56. The van der Waals surface area contributed by atoms with Gasteiger partial charge in [-0.2, -0.15) is 0 Å². The fraction of sp³-hybridized carbons (Fsp3) is 0.375. The van der Waals surface area contributed by atoms with Crippen molar-refractivity contribution in [2.24, 2.45) is 5.73 Å². The third kappa shape index (κ3) is 2.42. The molecule has 0 aliphatic rings. The zero-order valence-corrected chi connectivity index (χ0v) is 8.98. The fourth-order valence-electron chi connectivity index (χ4n) is 1.04. The second-order valence-electron chi connectivity index (χ2n) is 2.88. The molecular weight excluding hydrogens is 250 g/mol. The van der Waals surface area contributed by atoms with Gasteiger partial charge in [-0.25, -0.2) is 4.98 Å². The maximum Gasteiger partial charge on any atom is 0.129 e. The molecule has 0 aliphatic heterocycles. The van der Waals surface area contributed by atoms with Gasteiger partial charge >= 0.3 is 0 Å². The molecule has 14 heavy (non-hydrogen) atoms. The zero-order valence-electron chi connectivity index (χ0n) is 7.39. The Morgan fingerprint density at radius 3 is 2.71 bits per heavy atom. The molecular formula is C8H12BrN3O2. The Morgan fingerprint density at radius 1 is 1.50 bits per heavy atom. The Labute approximate surface area is 89.9 Å². The summed E-state index contributed by atoms with van der Waals surface area (Å²) in [5.41, 5.74) is 11.1. The minimum atomic E-state index is -1.11. The summed E-state index contributed by atoms with van der Waals surface area (Å²) in [5, 5.41) is 18.9. The maximum absolute atomic E-state index is 9.62. The molecule has 5 nitrogen and oxygen atoms in total. The highest BCUT2D eigenvalue weighted by Crippen LogP contribution is 2.24. The van der Waals surface area contributed by atoms with E-state index in [2.05, 4.69) is 20.9 Å². The lowest BCUT2D eigenvalue weighted by Gasteiger charge is -2.17. The van der Waals surface area contributed by atoms with Crippen LogP contribution in [-0.4, -0.2) is 27.8 Å². The second-order valence-corrected chi connectivity index (χ2v) is 3.79. The quantitative estimate of drug-likeness (QED) is 0.602. The van der Waals surface area contributed by atoms with E-state index in [1.807, 2.05) is 0 Å². The lowest BCUT2D eigenvalue weighted by molar-refractivity contribution is 0.0246. The number of rotatable bonds is 3. The molecule has 1 heterocycles. The van der Waals surface area contributed by atoms with Crippen molar-refractivity contribution in [2.75, 3.05) is 12.3 Å². The Bertz CT molecular complexity index is 321. The SMILES string of the molecule is NCC(O)C(O)c1cc(Br)cnc1N. The van der Waals surface area contributed by atoms with Gasteiger partial charge in [0.1, 0.15) is 11.9 Å². The smallest absolute Gasteiger partial charge is 0.129 e. The van der Waals surface area contributed by atoms with Gasteiger partial charge in [0.25, 0.3) is 0 Å². The van der Waals surface area contributed by atoms with Crippen molar-refractivity contribution in [3.05, 3.63) is 22.3 Å². The number of hydrogen-bond acceptors (Lipinski definition) is 5. The van der Waals surface area contributed by atoms with Crippen LogP contribution in [0.4, 0.5) is 5.82 Å². The summed E-state index contributed by atoms with van der Waals surface area (Å²) >= 11 is 3.19. The average Bonchev–Trinajstić information content (AvgIpc) is 2.19. The molecule has 2 unspecified atom stereocenters. The van der Waals surface area contributed by atoms with Crippen molar-refractivity contribution in [3.63, 3.8) is 0 Å². The van der Waals surface area contributed by atoms with Crippen molar-refractivity contribution < 1.29 is 10.2 Å². The molecule has 0 aliphatic carbocycles. The monoisotopic (exact) mass is 261 g/mol. The normalized spacial score (nSPS) is 15.1. The van der Waals surface area contributed by atoms with Gasteiger partial charge in [0.15, 0.2) is 0 Å². The second kappa shape index (κ2) is 4.70. The largest absolute Gasteiger partial charge is 0.389 e. The molecule has 2 atom stereocenters. The van der Waals surface area contributed by atoms with Crippen LogP contribution in [0.15, 0.2) is 16.7 Å². The molecule has 0 fully saturated rings. The maximum atomic E-state index is 9.62. The molecule has 1 rings (SSSR count). The number of aliphatic hydroxyl groups is 2. The van der Waals surface area contributed by atoms with E-state index in [4.69, 9.17) is 11.5 Å². The summed E-state index contributed by atoms with van der Waals surface area (Å²) in [5.74, 6) is 0.188. The van der Waals surface area contributed by atoms with E-state index < -0.39 is 12.2 Å². The van der Waals surface area contributed by atoms with Gasteiger partial charge in [-0.3, -0.25) is 0 Å². The first-order valence-corrected chi connectivity index (χ1v) is 4.82. The van der Waals surface area contributed by atoms with Gasteiger partial charge < -0.3 is 21.7 Å². The van der Waals surface area contributed by atoms with Crippen LogP contribution in [0, 0.1) is 0 Å². The summed E-state index contributed by atoms with van der Waals surface area (Å²) in [4.78, 5) is 3.84. The van der Waals surface area contributed by atoms with Crippen LogP contribution in [0.5, 0.6) is 0 Å². The van der Waals surface area contributed by atoms with E-state index in [0.29, 0.717) is 10.0 Å². The Kier molecular flexibility index (Phi) is 3.82. The van der Waals surface area contributed by atoms with Crippen LogP contribution in [-0.2, 0) is 0 Å². The number of anilines is 1. The minimum absolute atomic E-state index is 0.0346. The van der Waals surface area contributed by atoms with Crippen molar-refractivity contribution >= 4 is 21.7 Å². The third-order valence-corrected chi connectivity index (χ3v) is 2.27. The molecule has 6 heteroatoms. The summed E-state index contributed by atoms with van der Waals surface area (Å²) < 4.78 is 0.685. The molecule has 0 bridgehead atoms. The van der Waals surface area contributed by atoms with Gasteiger partial charge in [0.05, 0.1) is 6.10 Å². The van der Waals surface area contributed by atoms with Gasteiger partial charge in [-0.1, -0.05) is 0 Å². The molecule has 6 N–H and O–H groups in total. The first kappa shape index (κ1) is 11.4. The average molecular weight is 262 g/mol. The van der Waals surface area contributed by atoms with E-state index in [0.717, 1.165) is 0 Å². The zero-order chi connectivity index (χ0) is 10.7. The summed E-state index contributed by atoms with van der Waals surface area (Å²) in [6.07, 6.45) is -0.626. The minimum Gasteiger partial charge on any atom is -0.389 e. The number of nitrogen functional groups attached to an aromatic ring is 1. The predicted octanol–water partition coefficient (Wildman–Crippen LogP) is -0.221. The highest BCUT2D eigenvalue weighted by molar-refractivity contribution is 9.10. The summed E-state index contributed by atoms with van der Waals surface area (Å²) in [6, 6.07) is 1.60. The van der Waals surface area contributed by atoms with Crippen molar-refractivity contribution in [1.29, 1.82) is 0 Å². The van der Waals surface area contributed by atoms with E-state index >= 15 is 0 Å². The molecule has 0 radical (unpaired) electrons.